The molecule has 2 atom stereocenters. The first-order valence-corrected chi connectivity index (χ1v) is 5.79. The summed E-state index contributed by atoms with van der Waals surface area (Å²) < 4.78 is 25.9. The Hall–Kier alpha value is -2.00. The number of nitrogens with one attached hydrogen (secondary N) is 2. The first-order chi connectivity index (χ1) is 8.93. The molecular weight excluding hydrogens is 252 g/mol. The third-order valence-electron chi connectivity index (χ3n) is 2.48. The summed E-state index contributed by atoms with van der Waals surface area (Å²) in [5, 5.41) is 14.5. The van der Waals surface area contributed by atoms with Crippen molar-refractivity contribution in [1.82, 2.24) is 10.6 Å². The molecule has 1 aromatic carbocycles. The lowest BCUT2D eigenvalue weighted by Crippen LogP contribution is -2.39. The van der Waals surface area contributed by atoms with Gasteiger partial charge in [0.15, 0.2) is 11.6 Å². The molecule has 2 N–H and O–H groups in total. The van der Waals surface area contributed by atoms with Crippen LogP contribution in [0.4, 0.5) is 8.78 Å². The molecule has 0 heterocycles. The normalized spacial score (nSPS) is 13.4. The predicted molar refractivity (Wildman–Crippen MR) is 66.0 cm³/mol. The first kappa shape index (κ1) is 15.1. The van der Waals surface area contributed by atoms with Gasteiger partial charge in [0, 0.05) is 19.5 Å². The maximum absolute atomic E-state index is 13.1. The van der Waals surface area contributed by atoms with Gasteiger partial charge in [0.05, 0.1) is 6.07 Å². The standard InChI is InChI=1S/C13H15F2N3O/c1-8(18-9(2)19)7-17-13(6-16)10-3-4-11(14)12(15)5-10/h3-5,8,13,17H,7H2,1-2H3,(H,18,19). The van der Waals surface area contributed by atoms with Gasteiger partial charge in [-0.25, -0.2) is 8.78 Å². The molecule has 0 aromatic heterocycles. The second kappa shape index (κ2) is 6.81. The van der Waals surface area contributed by atoms with E-state index in [-0.39, 0.29) is 11.9 Å². The third-order valence-corrected chi connectivity index (χ3v) is 2.48. The molecule has 4 nitrogen and oxygen atoms in total. The second-order valence-electron chi connectivity index (χ2n) is 4.25. The molecule has 0 radical (unpaired) electrons. The molecule has 0 saturated heterocycles. The van der Waals surface area contributed by atoms with E-state index in [0.29, 0.717) is 12.1 Å². The van der Waals surface area contributed by atoms with E-state index >= 15 is 0 Å². The SMILES string of the molecule is CC(=O)NC(C)CNC(C#N)c1ccc(F)c(F)c1. The fourth-order valence-electron chi connectivity index (χ4n) is 1.62. The lowest BCUT2D eigenvalue weighted by Gasteiger charge is -2.17. The maximum atomic E-state index is 13.1. The van der Waals surface area contributed by atoms with Crippen LogP contribution in [0.25, 0.3) is 0 Å². The second-order valence-corrected chi connectivity index (χ2v) is 4.25. The van der Waals surface area contributed by atoms with Gasteiger partial charge in [-0.3, -0.25) is 10.1 Å². The van der Waals surface area contributed by atoms with E-state index in [9.17, 15) is 13.6 Å². The fourth-order valence-corrected chi connectivity index (χ4v) is 1.62. The van der Waals surface area contributed by atoms with Gasteiger partial charge in [-0.2, -0.15) is 5.26 Å². The highest BCUT2D eigenvalue weighted by Gasteiger charge is 2.14. The minimum absolute atomic E-state index is 0.168. The van der Waals surface area contributed by atoms with Crippen molar-refractivity contribution in [3.63, 3.8) is 0 Å². The molecule has 19 heavy (non-hydrogen) atoms. The van der Waals surface area contributed by atoms with Crippen molar-refractivity contribution in [1.29, 1.82) is 5.26 Å². The molecule has 0 aliphatic rings. The Balaban J connectivity index is 2.66. The summed E-state index contributed by atoms with van der Waals surface area (Å²) in [5.41, 5.74) is 0.344. The smallest absolute Gasteiger partial charge is 0.217 e. The highest BCUT2D eigenvalue weighted by Crippen LogP contribution is 2.15. The zero-order valence-electron chi connectivity index (χ0n) is 10.7. The topological polar surface area (TPSA) is 64.9 Å². The molecule has 1 rings (SSSR count). The Morgan fingerprint density at radius 2 is 2.11 bits per heavy atom. The molecule has 1 amide bonds. The number of hydrogen-bond donors (Lipinski definition) is 2. The molecule has 6 heteroatoms. The van der Waals surface area contributed by atoms with Crippen LogP contribution < -0.4 is 10.6 Å². The summed E-state index contributed by atoms with van der Waals surface area (Å²) >= 11 is 0. The average Bonchev–Trinajstić information content (AvgIpc) is 2.33. The maximum Gasteiger partial charge on any atom is 0.217 e. The highest BCUT2D eigenvalue weighted by molar-refractivity contribution is 5.73. The number of rotatable bonds is 5. The molecule has 0 aliphatic carbocycles. The Morgan fingerprint density at radius 3 is 2.63 bits per heavy atom. The minimum atomic E-state index is -0.991. The van der Waals surface area contributed by atoms with Crippen LogP contribution >= 0.6 is 0 Å². The molecule has 102 valence electrons. The van der Waals surface area contributed by atoms with Crippen molar-refractivity contribution < 1.29 is 13.6 Å². The van der Waals surface area contributed by atoms with E-state index in [1.807, 2.05) is 6.07 Å². The summed E-state index contributed by atoms with van der Waals surface area (Å²) in [6, 6.07) is 4.35. The molecule has 2 unspecified atom stereocenters. The van der Waals surface area contributed by atoms with Crippen LogP contribution in [0.1, 0.15) is 25.5 Å². The van der Waals surface area contributed by atoms with Gasteiger partial charge in [0.1, 0.15) is 6.04 Å². The molecule has 1 aromatic rings. The molecule has 0 saturated carbocycles. The van der Waals surface area contributed by atoms with E-state index in [4.69, 9.17) is 5.26 Å². The zero-order chi connectivity index (χ0) is 14.4. The fraction of sp³-hybridized carbons (Fsp3) is 0.385. The molecular formula is C13H15F2N3O. The number of amides is 1. The van der Waals surface area contributed by atoms with Crippen LogP contribution in [-0.4, -0.2) is 18.5 Å². The van der Waals surface area contributed by atoms with Crippen molar-refractivity contribution in [2.75, 3.05) is 6.54 Å². The van der Waals surface area contributed by atoms with Crippen molar-refractivity contribution in [2.24, 2.45) is 0 Å². The van der Waals surface area contributed by atoms with E-state index < -0.39 is 17.7 Å². The van der Waals surface area contributed by atoms with Gasteiger partial charge >= 0.3 is 0 Å². The van der Waals surface area contributed by atoms with Crippen molar-refractivity contribution in [2.45, 2.75) is 25.9 Å². The lowest BCUT2D eigenvalue weighted by molar-refractivity contribution is -0.119. The zero-order valence-corrected chi connectivity index (χ0v) is 10.7. The lowest BCUT2D eigenvalue weighted by atomic mass is 10.1. The number of halogens is 2. The number of carbonyl (C=O) groups excluding carboxylic acids is 1. The monoisotopic (exact) mass is 267 g/mol. The van der Waals surface area contributed by atoms with Crippen LogP contribution in [-0.2, 0) is 4.79 Å². The first-order valence-electron chi connectivity index (χ1n) is 5.79. The van der Waals surface area contributed by atoms with E-state index in [1.165, 1.54) is 13.0 Å². The Labute approximate surface area is 110 Å². The largest absolute Gasteiger partial charge is 0.353 e. The van der Waals surface area contributed by atoms with Gasteiger partial charge in [-0.1, -0.05) is 6.07 Å². The van der Waals surface area contributed by atoms with E-state index in [0.717, 1.165) is 12.1 Å². The van der Waals surface area contributed by atoms with Gasteiger partial charge < -0.3 is 5.32 Å². The highest BCUT2D eigenvalue weighted by atomic mass is 19.2. The van der Waals surface area contributed by atoms with Gasteiger partial charge in [-0.05, 0) is 24.6 Å². The van der Waals surface area contributed by atoms with Crippen molar-refractivity contribution >= 4 is 5.91 Å². The average molecular weight is 267 g/mol. The van der Waals surface area contributed by atoms with Crippen LogP contribution in [0.15, 0.2) is 18.2 Å². The van der Waals surface area contributed by atoms with E-state index in [1.54, 1.807) is 6.92 Å². The van der Waals surface area contributed by atoms with E-state index in [2.05, 4.69) is 10.6 Å². The summed E-state index contributed by atoms with van der Waals surface area (Å²) in [6.45, 7) is 3.51. The summed E-state index contributed by atoms with van der Waals surface area (Å²) in [7, 11) is 0. The molecule has 0 spiro atoms. The molecule has 0 fully saturated rings. The predicted octanol–water partition coefficient (Wildman–Crippen LogP) is 1.64. The number of nitriles is 1. The Morgan fingerprint density at radius 1 is 1.42 bits per heavy atom. The van der Waals surface area contributed by atoms with Crippen LogP contribution in [0, 0.1) is 23.0 Å². The number of carbonyl (C=O) groups is 1. The van der Waals surface area contributed by atoms with Crippen LogP contribution in [0.5, 0.6) is 0 Å². The number of nitrogens with zero attached hydrogens (tertiary/aromatic N) is 1. The number of benzene rings is 1. The minimum Gasteiger partial charge on any atom is -0.353 e. The van der Waals surface area contributed by atoms with Crippen LogP contribution in [0.3, 0.4) is 0 Å². The molecule has 0 bridgehead atoms. The van der Waals surface area contributed by atoms with Gasteiger partial charge in [0.25, 0.3) is 0 Å². The molecule has 0 aliphatic heterocycles. The summed E-state index contributed by atoms with van der Waals surface area (Å²) in [6.07, 6.45) is 0. The Bertz CT molecular complexity index is 499. The third kappa shape index (κ3) is 4.64. The van der Waals surface area contributed by atoms with Crippen molar-refractivity contribution in [3.8, 4) is 6.07 Å². The Kier molecular flexibility index (Phi) is 5.39. The van der Waals surface area contributed by atoms with Crippen molar-refractivity contribution in [3.05, 3.63) is 35.4 Å². The summed E-state index contributed by atoms with van der Waals surface area (Å²) in [5.74, 6) is -2.11. The van der Waals surface area contributed by atoms with Gasteiger partial charge in [-0.15, -0.1) is 0 Å². The summed E-state index contributed by atoms with van der Waals surface area (Å²) in [4.78, 5) is 10.8. The number of hydrogen-bond acceptors (Lipinski definition) is 3. The quantitative estimate of drug-likeness (QED) is 0.852. The van der Waals surface area contributed by atoms with Crippen LogP contribution in [0.2, 0.25) is 0 Å². The van der Waals surface area contributed by atoms with Gasteiger partial charge in [0.2, 0.25) is 5.91 Å².